The highest BCUT2D eigenvalue weighted by Crippen LogP contribution is 2.35. The van der Waals surface area contributed by atoms with Crippen molar-refractivity contribution in [3.8, 4) is 0 Å². The molecule has 1 saturated heterocycles. The van der Waals surface area contributed by atoms with Gasteiger partial charge in [0.1, 0.15) is 11.6 Å². The largest absolute Gasteiger partial charge is 0.436 e. The van der Waals surface area contributed by atoms with Gasteiger partial charge in [0.2, 0.25) is 5.89 Å². The molecule has 2 atom stereocenters. The van der Waals surface area contributed by atoms with Gasteiger partial charge < -0.3 is 14.9 Å². The Hall–Kier alpha value is -1.07. The molecular formula is C12H13BrN2O2. The number of hydrogen-bond donors (Lipinski definition) is 1. The number of oxazole rings is 1. The summed E-state index contributed by atoms with van der Waals surface area (Å²) >= 11 is 3.39. The van der Waals surface area contributed by atoms with E-state index in [9.17, 15) is 0 Å². The van der Waals surface area contributed by atoms with Crippen molar-refractivity contribution in [2.24, 2.45) is 0 Å². The summed E-state index contributed by atoms with van der Waals surface area (Å²) in [7, 11) is 0. The molecule has 2 N–H and O–H groups in total. The molecule has 1 aliphatic rings. The Labute approximate surface area is 107 Å². The van der Waals surface area contributed by atoms with Crippen molar-refractivity contribution in [2.45, 2.75) is 32.0 Å². The molecule has 1 aromatic carbocycles. The van der Waals surface area contributed by atoms with Crippen molar-refractivity contribution >= 4 is 32.7 Å². The van der Waals surface area contributed by atoms with Gasteiger partial charge in [0.15, 0.2) is 5.58 Å². The van der Waals surface area contributed by atoms with E-state index in [-0.39, 0.29) is 12.2 Å². The Kier molecular flexibility index (Phi) is 2.60. The Morgan fingerprint density at radius 3 is 2.94 bits per heavy atom. The highest BCUT2D eigenvalue weighted by molar-refractivity contribution is 9.10. The number of nitrogen functional groups attached to an aromatic ring is 1. The number of ether oxygens (including phenoxy) is 1. The van der Waals surface area contributed by atoms with Gasteiger partial charge in [-0.3, -0.25) is 0 Å². The smallest absolute Gasteiger partial charge is 0.224 e. The lowest BCUT2D eigenvalue weighted by Crippen LogP contribution is -2.00. The summed E-state index contributed by atoms with van der Waals surface area (Å²) in [5.74, 6) is 0.633. The number of hydrogen-bond acceptors (Lipinski definition) is 4. The molecular weight excluding hydrogens is 284 g/mol. The van der Waals surface area contributed by atoms with Crippen molar-refractivity contribution < 1.29 is 9.15 Å². The lowest BCUT2D eigenvalue weighted by molar-refractivity contribution is 0.0401. The van der Waals surface area contributed by atoms with Gasteiger partial charge in [-0.05, 0) is 31.9 Å². The van der Waals surface area contributed by atoms with E-state index in [1.54, 1.807) is 0 Å². The lowest BCUT2D eigenvalue weighted by atomic mass is 10.2. The minimum absolute atomic E-state index is 0.0319. The molecule has 17 heavy (non-hydrogen) atoms. The van der Waals surface area contributed by atoms with Crippen LogP contribution in [0.25, 0.3) is 11.1 Å². The maximum absolute atomic E-state index is 5.89. The summed E-state index contributed by atoms with van der Waals surface area (Å²) in [6.45, 7) is 2.06. The molecule has 2 aromatic rings. The molecule has 0 spiro atoms. The fourth-order valence-corrected chi connectivity index (χ4v) is 2.63. The number of nitrogens with two attached hydrogens (primary N) is 1. The number of rotatable bonds is 1. The zero-order valence-corrected chi connectivity index (χ0v) is 11.0. The van der Waals surface area contributed by atoms with Crippen molar-refractivity contribution in [3.63, 3.8) is 0 Å². The molecule has 3 rings (SSSR count). The Balaban J connectivity index is 2.04. The number of aromatic nitrogens is 1. The molecule has 0 saturated carbocycles. The van der Waals surface area contributed by atoms with Crippen LogP contribution >= 0.6 is 15.9 Å². The molecule has 90 valence electrons. The third-order valence-electron chi connectivity index (χ3n) is 3.01. The van der Waals surface area contributed by atoms with Crippen LogP contribution in [0.4, 0.5) is 5.69 Å². The minimum Gasteiger partial charge on any atom is -0.436 e. The first-order chi connectivity index (χ1) is 8.13. The number of benzene rings is 1. The number of nitrogens with zero attached hydrogens (tertiary/aromatic N) is 1. The second kappa shape index (κ2) is 3.99. The Morgan fingerprint density at radius 2 is 2.24 bits per heavy atom. The van der Waals surface area contributed by atoms with Crippen LogP contribution in [0.3, 0.4) is 0 Å². The second-order valence-corrected chi connectivity index (χ2v) is 5.32. The maximum atomic E-state index is 5.89. The molecule has 0 radical (unpaired) electrons. The predicted molar refractivity (Wildman–Crippen MR) is 68.6 cm³/mol. The van der Waals surface area contributed by atoms with Crippen molar-refractivity contribution in [2.75, 3.05) is 5.73 Å². The predicted octanol–water partition coefficient (Wildman–Crippen LogP) is 3.41. The van der Waals surface area contributed by atoms with Crippen LogP contribution < -0.4 is 5.73 Å². The zero-order valence-electron chi connectivity index (χ0n) is 9.44. The molecule has 1 fully saturated rings. The third kappa shape index (κ3) is 1.93. The van der Waals surface area contributed by atoms with E-state index in [2.05, 4.69) is 27.8 Å². The van der Waals surface area contributed by atoms with Gasteiger partial charge in [-0.1, -0.05) is 15.9 Å². The minimum atomic E-state index is -0.0319. The van der Waals surface area contributed by atoms with E-state index in [0.29, 0.717) is 17.2 Å². The lowest BCUT2D eigenvalue weighted by Gasteiger charge is -2.05. The molecule has 0 aliphatic carbocycles. The van der Waals surface area contributed by atoms with Crippen LogP contribution in [0.15, 0.2) is 21.0 Å². The maximum Gasteiger partial charge on any atom is 0.224 e. The van der Waals surface area contributed by atoms with Gasteiger partial charge in [-0.15, -0.1) is 0 Å². The Bertz CT molecular complexity index is 567. The Morgan fingerprint density at radius 1 is 1.41 bits per heavy atom. The van der Waals surface area contributed by atoms with E-state index >= 15 is 0 Å². The van der Waals surface area contributed by atoms with Gasteiger partial charge >= 0.3 is 0 Å². The average molecular weight is 297 g/mol. The van der Waals surface area contributed by atoms with Gasteiger partial charge in [-0.2, -0.15) is 0 Å². The summed E-state index contributed by atoms with van der Waals surface area (Å²) in [6, 6.07) is 3.71. The fourth-order valence-electron chi connectivity index (χ4n) is 2.16. The first-order valence-electron chi connectivity index (χ1n) is 5.64. The first kappa shape index (κ1) is 11.0. The van der Waals surface area contributed by atoms with Crippen LogP contribution in [0.1, 0.15) is 31.8 Å². The summed E-state index contributed by atoms with van der Waals surface area (Å²) < 4.78 is 12.3. The number of anilines is 1. The SMILES string of the molecule is CC1CCC(c2nc3cc(Br)cc(N)c3o2)O1. The normalized spacial score (nSPS) is 24.6. The summed E-state index contributed by atoms with van der Waals surface area (Å²) in [5.41, 5.74) is 7.91. The van der Waals surface area contributed by atoms with Crippen LogP contribution in [0, 0.1) is 0 Å². The van der Waals surface area contributed by atoms with Gasteiger partial charge in [0.05, 0.1) is 11.8 Å². The summed E-state index contributed by atoms with van der Waals surface area (Å²) in [5, 5.41) is 0. The topological polar surface area (TPSA) is 61.3 Å². The molecule has 2 unspecified atom stereocenters. The van der Waals surface area contributed by atoms with Gasteiger partial charge in [0.25, 0.3) is 0 Å². The van der Waals surface area contributed by atoms with E-state index in [4.69, 9.17) is 14.9 Å². The quantitative estimate of drug-likeness (QED) is 0.819. The number of halogens is 1. The summed E-state index contributed by atoms with van der Waals surface area (Å²) in [4.78, 5) is 4.45. The molecule has 1 aromatic heterocycles. The van der Waals surface area contributed by atoms with E-state index in [0.717, 1.165) is 22.8 Å². The highest BCUT2D eigenvalue weighted by Gasteiger charge is 2.27. The molecule has 2 heterocycles. The summed E-state index contributed by atoms with van der Waals surface area (Å²) in [6.07, 6.45) is 2.24. The molecule has 0 bridgehead atoms. The molecule has 1 aliphatic heterocycles. The van der Waals surface area contributed by atoms with Gasteiger partial charge in [-0.25, -0.2) is 4.98 Å². The highest BCUT2D eigenvalue weighted by atomic mass is 79.9. The third-order valence-corrected chi connectivity index (χ3v) is 3.47. The zero-order chi connectivity index (χ0) is 12.0. The standard InChI is InChI=1S/C12H13BrN2O2/c1-6-2-3-10(16-6)12-15-9-5-7(13)4-8(14)11(9)17-12/h4-6,10H,2-3,14H2,1H3. The van der Waals surface area contributed by atoms with Crippen molar-refractivity contribution in [1.82, 2.24) is 4.98 Å². The average Bonchev–Trinajstić information content (AvgIpc) is 2.83. The molecule has 0 amide bonds. The van der Waals surface area contributed by atoms with Crippen LogP contribution in [0.5, 0.6) is 0 Å². The van der Waals surface area contributed by atoms with Crippen molar-refractivity contribution in [3.05, 3.63) is 22.5 Å². The van der Waals surface area contributed by atoms with E-state index in [1.165, 1.54) is 0 Å². The second-order valence-electron chi connectivity index (χ2n) is 4.41. The first-order valence-corrected chi connectivity index (χ1v) is 6.43. The fraction of sp³-hybridized carbons (Fsp3) is 0.417. The molecule has 4 nitrogen and oxygen atoms in total. The molecule has 5 heteroatoms. The number of fused-ring (bicyclic) bond motifs is 1. The van der Waals surface area contributed by atoms with E-state index < -0.39 is 0 Å². The monoisotopic (exact) mass is 296 g/mol. The van der Waals surface area contributed by atoms with Gasteiger partial charge in [0, 0.05) is 4.47 Å². The van der Waals surface area contributed by atoms with Crippen LogP contribution in [0.2, 0.25) is 0 Å². The van der Waals surface area contributed by atoms with Crippen molar-refractivity contribution in [1.29, 1.82) is 0 Å². The van der Waals surface area contributed by atoms with Crippen LogP contribution in [-0.2, 0) is 4.74 Å². The van der Waals surface area contributed by atoms with E-state index in [1.807, 2.05) is 12.1 Å². The van der Waals surface area contributed by atoms with Crippen LogP contribution in [-0.4, -0.2) is 11.1 Å².